The van der Waals surface area contributed by atoms with Gasteiger partial charge in [-0.3, -0.25) is 0 Å². The Morgan fingerprint density at radius 2 is 1.45 bits per heavy atom. The number of nitrogens with two attached hydrogens (primary N) is 1. The molecule has 0 fully saturated rings. The Morgan fingerprint density at radius 3 is 2.10 bits per heavy atom. The Labute approximate surface area is 116 Å². The Hall–Kier alpha value is -2.95. The van der Waals surface area contributed by atoms with Crippen LogP contribution in [0.4, 0.5) is 17.5 Å². The van der Waals surface area contributed by atoms with Crippen LogP contribution < -0.4 is 11.1 Å². The van der Waals surface area contributed by atoms with Crippen LogP contribution in [-0.4, -0.2) is 15.2 Å². The maximum Gasteiger partial charge on any atom is 0.249 e. The molecule has 5 heteroatoms. The van der Waals surface area contributed by atoms with Crippen molar-refractivity contribution in [1.29, 1.82) is 0 Å². The molecule has 0 bridgehead atoms. The molecule has 0 spiro atoms. The van der Waals surface area contributed by atoms with Crippen molar-refractivity contribution in [3.63, 3.8) is 0 Å². The van der Waals surface area contributed by atoms with Crippen molar-refractivity contribution in [2.24, 2.45) is 0 Å². The average molecular weight is 263 g/mol. The van der Waals surface area contributed by atoms with Gasteiger partial charge in [0.25, 0.3) is 0 Å². The fraction of sp³-hybridized carbons (Fsp3) is 0. The third-order valence-electron chi connectivity index (χ3n) is 2.79. The van der Waals surface area contributed by atoms with Crippen LogP contribution in [0, 0.1) is 0 Å². The first-order valence-corrected chi connectivity index (χ1v) is 6.20. The summed E-state index contributed by atoms with van der Waals surface area (Å²) in [5.74, 6) is 0.734. The van der Waals surface area contributed by atoms with Gasteiger partial charge in [-0.25, -0.2) is 0 Å². The third-order valence-corrected chi connectivity index (χ3v) is 2.79. The second-order valence-corrected chi connectivity index (χ2v) is 4.23. The van der Waals surface area contributed by atoms with Crippen molar-refractivity contribution >= 4 is 17.5 Å². The lowest BCUT2D eigenvalue weighted by Gasteiger charge is -2.07. The highest BCUT2D eigenvalue weighted by Gasteiger charge is 2.08. The summed E-state index contributed by atoms with van der Waals surface area (Å²) in [5.41, 5.74) is 8.33. The van der Waals surface area contributed by atoms with Gasteiger partial charge in [0.1, 0.15) is 5.69 Å². The lowest BCUT2D eigenvalue weighted by atomic mass is 10.1. The van der Waals surface area contributed by atoms with Crippen molar-refractivity contribution in [3.8, 4) is 11.3 Å². The Balaban J connectivity index is 1.88. The van der Waals surface area contributed by atoms with Crippen molar-refractivity contribution < 1.29 is 0 Å². The number of aromatic nitrogens is 3. The number of nitrogens with one attached hydrogen (secondary N) is 1. The molecule has 98 valence electrons. The molecule has 0 atom stereocenters. The van der Waals surface area contributed by atoms with E-state index in [1.807, 2.05) is 60.7 Å². The zero-order valence-corrected chi connectivity index (χ0v) is 10.7. The number of rotatable bonds is 3. The predicted octanol–water partition coefficient (Wildman–Crippen LogP) is 2.86. The van der Waals surface area contributed by atoms with Gasteiger partial charge in [-0.1, -0.05) is 48.5 Å². The molecule has 20 heavy (non-hydrogen) atoms. The molecule has 1 aromatic heterocycles. The van der Waals surface area contributed by atoms with E-state index in [0.29, 0.717) is 17.5 Å². The lowest BCUT2D eigenvalue weighted by Crippen LogP contribution is -2.04. The molecule has 2 aromatic carbocycles. The molecule has 3 aromatic rings. The smallest absolute Gasteiger partial charge is 0.249 e. The monoisotopic (exact) mass is 263 g/mol. The minimum absolute atomic E-state index is 0.352. The van der Waals surface area contributed by atoms with Crippen LogP contribution in [0.2, 0.25) is 0 Å². The molecule has 1 heterocycles. The first-order valence-electron chi connectivity index (χ1n) is 6.20. The van der Waals surface area contributed by atoms with Gasteiger partial charge in [0.2, 0.25) is 5.95 Å². The first kappa shape index (κ1) is 12.1. The van der Waals surface area contributed by atoms with Gasteiger partial charge in [0.15, 0.2) is 5.82 Å². The van der Waals surface area contributed by atoms with Crippen LogP contribution >= 0.6 is 0 Å². The molecule has 0 unspecified atom stereocenters. The van der Waals surface area contributed by atoms with Crippen molar-refractivity contribution in [2.45, 2.75) is 0 Å². The summed E-state index contributed by atoms with van der Waals surface area (Å²) in [6.07, 6.45) is 0. The summed E-state index contributed by atoms with van der Waals surface area (Å²) < 4.78 is 0. The third kappa shape index (κ3) is 2.56. The Bertz CT molecular complexity index is 698. The number of nitrogen functional groups attached to an aromatic ring is 1. The number of hydrogen-bond acceptors (Lipinski definition) is 5. The van der Waals surface area contributed by atoms with Crippen LogP contribution in [0.3, 0.4) is 0 Å². The zero-order valence-electron chi connectivity index (χ0n) is 10.7. The van der Waals surface area contributed by atoms with Crippen LogP contribution in [0.25, 0.3) is 11.3 Å². The fourth-order valence-corrected chi connectivity index (χ4v) is 1.84. The van der Waals surface area contributed by atoms with E-state index in [1.165, 1.54) is 0 Å². The summed E-state index contributed by atoms with van der Waals surface area (Å²) in [6.45, 7) is 0. The zero-order chi connectivity index (χ0) is 13.8. The summed E-state index contributed by atoms with van der Waals surface area (Å²) in [5, 5.41) is 11.3. The number of para-hydroxylation sites is 1. The van der Waals surface area contributed by atoms with Gasteiger partial charge in [0, 0.05) is 11.3 Å². The maximum absolute atomic E-state index is 5.95. The standard InChI is InChI=1S/C15H13N5/c16-14-13(11-7-3-1-4-8-11)19-20-15(18-14)17-12-9-5-2-6-10-12/h1-10H,(H3,16,17,18,20). The molecule has 0 aliphatic heterocycles. The van der Waals surface area contributed by atoms with Gasteiger partial charge in [-0.15, -0.1) is 10.2 Å². The van der Waals surface area contributed by atoms with Crippen LogP contribution in [0.15, 0.2) is 60.7 Å². The molecule has 0 aliphatic rings. The summed E-state index contributed by atoms with van der Waals surface area (Å²) in [6, 6.07) is 19.3. The normalized spacial score (nSPS) is 10.2. The summed E-state index contributed by atoms with van der Waals surface area (Å²) >= 11 is 0. The minimum Gasteiger partial charge on any atom is -0.382 e. The van der Waals surface area contributed by atoms with Crippen LogP contribution in [0.5, 0.6) is 0 Å². The molecule has 0 saturated heterocycles. The molecule has 3 rings (SSSR count). The highest BCUT2D eigenvalue weighted by Crippen LogP contribution is 2.22. The van der Waals surface area contributed by atoms with Crippen LogP contribution in [0.1, 0.15) is 0 Å². The maximum atomic E-state index is 5.95. The van der Waals surface area contributed by atoms with E-state index in [4.69, 9.17) is 5.73 Å². The molecule has 5 nitrogen and oxygen atoms in total. The van der Waals surface area contributed by atoms with E-state index < -0.39 is 0 Å². The van der Waals surface area contributed by atoms with Gasteiger partial charge < -0.3 is 11.1 Å². The molecule has 0 radical (unpaired) electrons. The van der Waals surface area contributed by atoms with Crippen molar-refractivity contribution in [3.05, 3.63) is 60.7 Å². The van der Waals surface area contributed by atoms with Gasteiger partial charge in [0.05, 0.1) is 0 Å². The second-order valence-electron chi connectivity index (χ2n) is 4.23. The molecular weight excluding hydrogens is 250 g/mol. The van der Waals surface area contributed by atoms with E-state index in [9.17, 15) is 0 Å². The summed E-state index contributed by atoms with van der Waals surface area (Å²) in [4.78, 5) is 4.24. The van der Waals surface area contributed by atoms with Crippen molar-refractivity contribution in [2.75, 3.05) is 11.1 Å². The molecular formula is C15H13N5. The van der Waals surface area contributed by atoms with Gasteiger partial charge >= 0.3 is 0 Å². The number of benzene rings is 2. The summed E-state index contributed by atoms with van der Waals surface area (Å²) in [7, 11) is 0. The highest BCUT2D eigenvalue weighted by atomic mass is 15.3. The number of nitrogens with zero attached hydrogens (tertiary/aromatic N) is 3. The quantitative estimate of drug-likeness (QED) is 0.759. The molecule has 0 aliphatic carbocycles. The SMILES string of the molecule is Nc1nc(Nc2ccccc2)nnc1-c1ccccc1. The van der Waals surface area contributed by atoms with Crippen molar-refractivity contribution in [1.82, 2.24) is 15.2 Å². The highest BCUT2D eigenvalue weighted by molar-refractivity contribution is 5.70. The van der Waals surface area contributed by atoms with Gasteiger partial charge in [-0.2, -0.15) is 4.98 Å². The topological polar surface area (TPSA) is 76.7 Å². The van der Waals surface area contributed by atoms with Crippen LogP contribution in [-0.2, 0) is 0 Å². The van der Waals surface area contributed by atoms with E-state index in [1.54, 1.807) is 0 Å². The Morgan fingerprint density at radius 1 is 0.800 bits per heavy atom. The van der Waals surface area contributed by atoms with E-state index in [-0.39, 0.29) is 0 Å². The molecule has 3 N–H and O–H groups in total. The van der Waals surface area contributed by atoms with E-state index in [0.717, 1.165) is 11.3 Å². The van der Waals surface area contributed by atoms with E-state index >= 15 is 0 Å². The molecule has 0 saturated carbocycles. The Kier molecular flexibility index (Phi) is 3.24. The second kappa shape index (κ2) is 5.36. The largest absolute Gasteiger partial charge is 0.382 e. The predicted molar refractivity (Wildman–Crippen MR) is 79.4 cm³/mol. The average Bonchev–Trinajstić information content (AvgIpc) is 2.49. The van der Waals surface area contributed by atoms with Gasteiger partial charge in [-0.05, 0) is 12.1 Å². The number of hydrogen-bond donors (Lipinski definition) is 2. The van der Waals surface area contributed by atoms with E-state index in [2.05, 4.69) is 20.5 Å². The minimum atomic E-state index is 0.352. The molecule has 0 amide bonds. The fourth-order valence-electron chi connectivity index (χ4n) is 1.84. The number of anilines is 3. The first-order chi connectivity index (χ1) is 9.83. The lowest BCUT2D eigenvalue weighted by molar-refractivity contribution is 0.992.